The van der Waals surface area contributed by atoms with Crippen LogP contribution in [0.3, 0.4) is 0 Å². The number of ether oxygens (including phenoxy) is 1. The molecule has 0 unspecified atom stereocenters. The molecule has 0 aromatic carbocycles. The fourth-order valence-corrected chi connectivity index (χ4v) is 2.23. The van der Waals surface area contributed by atoms with Gasteiger partial charge in [-0.3, -0.25) is 9.48 Å². The van der Waals surface area contributed by atoms with E-state index in [1.54, 1.807) is 9.58 Å². The summed E-state index contributed by atoms with van der Waals surface area (Å²) in [4.78, 5) is 24.8. The third-order valence-corrected chi connectivity index (χ3v) is 3.22. The second-order valence-corrected chi connectivity index (χ2v) is 6.14. The molecule has 1 fully saturated rings. The maximum atomic E-state index is 12.0. The van der Waals surface area contributed by atoms with Gasteiger partial charge in [0.05, 0.1) is 6.04 Å². The summed E-state index contributed by atoms with van der Waals surface area (Å²) >= 11 is 0. The van der Waals surface area contributed by atoms with Gasteiger partial charge >= 0.3 is 6.09 Å². The van der Waals surface area contributed by atoms with E-state index in [0.717, 1.165) is 6.42 Å². The molecule has 2 heterocycles. The van der Waals surface area contributed by atoms with Crippen LogP contribution in [0.1, 0.15) is 43.6 Å². The zero-order chi connectivity index (χ0) is 15.8. The van der Waals surface area contributed by atoms with Gasteiger partial charge in [0.1, 0.15) is 11.2 Å². The van der Waals surface area contributed by atoms with Gasteiger partial charge in [-0.05, 0) is 27.2 Å². The van der Waals surface area contributed by atoms with Crippen molar-refractivity contribution in [3.63, 3.8) is 0 Å². The second kappa shape index (κ2) is 5.27. The molecule has 0 spiro atoms. The highest BCUT2D eigenvalue weighted by Gasteiger charge is 2.31. The lowest BCUT2D eigenvalue weighted by Gasteiger charge is -2.24. The highest BCUT2D eigenvalue weighted by molar-refractivity contribution is 5.96. The largest absolute Gasteiger partial charge is 0.444 e. The Morgan fingerprint density at radius 1 is 1.43 bits per heavy atom. The van der Waals surface area contributed by atoms with Crippen molar-refractivity contribution in [1.29, 1.82) is 0 Å². The average Bonchev–Trinajstić information content (AvgIpc) is 2.92. The number of rotatable bonds is 2. The summed E-state index contributed by atoms with van der Waals surface area (Å²) < 4.78 is 6.93. The lowest BCUT2D eigenvalue weighted by molar-refractivity contribution is 0.0288. The summed E-state index contributed by atoms with van der Waals surface area (Å²) in [5, 5.41) is 4.10. The smallest absolute Gasteiger partial charge is 0.410 e. The van der Waals surface area contributed by atoms with Crippen LogP contribution in [-0.2, 0) is 4.74 Å². The number of likely N-dealkylation sites (tertiary alicyclic amines) is 1. The van der Waals surface area contributed by atoms with Crippen LogP contribution in [0.2, 0.25) is 0 Å². The summed E-state index contributed by atoms with van der Waals surface area (Å²) in [6, 6.07) is -0.0343. The van der Waals surface area contributed by atoms with Crippen LogP contribution in [0.25, 0.3) is 0 Å². The Bertz CT molecular complexity index is 561. The van der Waals surface area contributed by atoms with E-state index in [0.29, 0.717) is 13.1 Å². The summed E-state index contributed by atoms with van der Waals surface area (Å²) in [5.41, 5.74) is 10.5. The van der Waals surface area contributed by atoms with E-state index < -0.39 is 11.5 Å². The van der Waals surface area contributed by atoms with Gasteiger partial charge in [0.2, 0.25) is 0 Å². The predicted octanol–water partition coefficient (Wildman–Crippen LogP) is 0.746. The molecular weight excluding hydrogens is 274 g/mol. The van der Waals surface area contributed by atoms with Gasteiger partial charge in [0.25, 0.3) is 5.91 Å². The Morgan fingerprint density at radius 2 is 2.10 bits per heavy atom. The molecule has 0 saturated carbocycles. The van der Waals surface area contributed by atoms with Crippen molar-refractivity contribution in [2.45, 2.75) is 38.8 Å². The zero-order valence-electron chi connectivity index (χ0n) is 12.5. The zero-order valence-corrected chi connectivity index (χ0v) is 12.5. The molecule has 4 N–H and O–H groups in total. The van der Waals surface area contributed by atoms with Crippen molar-refractivity contribution >= 4 is 17.8 Å². The molecule has 0 radical (unpaired) electrons. The topological polar surface area (TPSA) is 116 Å². The molecule has 1 aromatic heterocycles. The Balaban J connectivity index is 2.04. The van der Waals surface area contributed by atoms with Gasteiger partial charge < -0.3 is 21.1 Å². The number of carbonyl (C=O) groups is 2. The van der Waals surface area contributed by atoms with Gasteiger partial charge in [-0.15, -0.1) is 0 Å². The van der Waals surface area contributed by atoms with Crippen molar-refractivity contribution in [1.82, 2.24) is 14.7 Å². The number of anilines is 1. The minimum Gasteiger partial charge on any atom is -0.444 e. The number of nitrogen functional groups attached to an aromatic ring is 1. The van der Waals surface area contributed by atoms with Crippen LogP contribution >= 0.6 is 0 Å². The second-order valence-electron chi connectivity index (χ2n) is 6.14. The standard InChI is InChI=1S/C13H21N5O3/c1-13(2,3)21-12(20)17-5-4-8(6-17)18-7-9(11(15)19)10(14)16-18/h7-8H,4-6H2,1-3H3,(H2,14,16)(H2,15,19)/t8-/m0/s1. The molecular formula is C13H21N5O3. The molecule has 0 aliphatic carbocycles. The number of primary amides is 1. The van der Waals surface area contributed by atoms with E-state index in [4.69, 9.17) is 16.2 Å². The molecule has 1 aliphatic heterocycles. The predicted molar refractivity (Wildman–Crippen MR) is 76.6 cm³/mol. The van der Waals surface area contributed by atoms with E-state index in [1.807, 2.05) is 20.8 Å². The van der Waals surface area contributed by atoms with Gasteiger partial charge in [0, 0.05) is 19.3 Å². The fraction of sp³-hybridized carbons (Fsp3) is 0.615. The Kier molecular flexibility index (Phi) is 3.80. The number of nitrogens with two attached hydrogens (primary N) is 2. The number of hydrogen-bond donors (Lipinski definition) is 2. The molecule has 1 aliphatic rings. The van der Waals surface area contributed by atoms with Crippen LogP contribution in [0.5, 0.6) is 0 Å². The normalized spacial score (nSPS) is 18.8. The van der Waals surface area contributed by atoms with E-state index in [-0.39, 0.29) is 23.5 Å². The first-order valence-corrected chi connectivity index (χ1v) is 6.80. The Morgan fingerprint density at radius 3 is 2.62 bits per heavy atom. The molecule has 2 amide bonds. The third-order valence-electron chi connectivity index (χ3n) is 3.22. The summed E-state index contributed by atoms with van der Waals surface area (Å²) in [5.74, 6) is -0.501. The summed E-state index contributed by atoms with van der Waals surface area (Å²) in [7, 11) is 0. The highest BCUT2D eigenvalue weighted by Crippen LogP contribution is 2.24. The molecule has 2 rings (SSSR count). The number of hydrogen-bond acceptors (Lipinski definition) is 5. The average molecular weight is 295 g/mol. The van der Waals surface area contributed by atoms with E-state index in [2.05, 4.69) is 5.10 Å². The summed E-state index contributed by atoms with van der Waals surface area (Å²) in [6.07, 6.45) is 1.90. The Hall–Kier alpha value is -2.25. The number of nitrogens with zero attached hydrogens (tertiary/aromatic N) is 3. The van der Waals surface area contributed by atoms with Crippen LogP contribution in [0, 0.1) is 0 Å². The maximum Gasteiger partial charge on any atom is 0.410 e. The monoisotopic (exact) mass is 295 g/mol. The molecule has 1 atom stereocenters. The first kappa shape index (κ1) is 15.1. The number of carbonyl (C=O) groups excluding carboxylic acids is 2. The van der Waals surface area contributed by atoms with E-state index >= 15 is 0 Å². The summed E-state index contributed by atoms with van der Waals surface area (Å²) in [6.45, 7) is 6.52. The lowest BCUT2D eigenvalue weighted by Crippen LogP contribution is -2.35. The fourth-order valence-electron chi connectivity index (χ4n) is 2.23. The van der Waals surface area contributed by atoms with Gasteiger partial charge in [-0.2, -0.15) is 5.10 Å². The van der Waals surface area contributed by atoms with Gasteiger partial charge in [0.15, 0.2) is 5.82 Å². The molecule has 21 heavy (non-hydrogen) atoms. The third kappa shape index (κ3) is 3.45. The molecule has 1 saturated heterocycles. The molecule has 0 bridgehead atoms. The van der Waals surface area contributed by atoms with Gasteiger partial charge in [-0.1, -0.05) is 0 Å². The number of amides is 2. The highest BCUT2D eigenvalue weighted by atomic mass is 16.6. The minimum atomic E-state index is -0.610. The van der Waals surface area contributed by atoms with E-state index in [1.165, 1.54) is 6.20 Å². The van der Waals surface area contributed by atoms with Crippen molar-refractivity contribution in [3.05, 3.63) is 11.8 Å². The van der Waals surface area contributed by atoms with Crippen LogP contribution in [0.15, 0.2) is 6.20 Å². The minimum absolute atomic E-state index is 0.0343. The maximum absolute atomic E-state index is 12.0. The SMILES string of the molecule is CC(C)(C)OC(=O)N1CC[C@H](n2cc(C(N)=O)c(N)n2)C1. The molecule has 8 nitrogen and oxygen atoms in total. The van der Waals surface area contributed by atoms with Crippen molar-refractivity contribution in [2.24, 2.45) is 5.73 Å². The van der Waals surface area contributed by atoms with Crippen molar-refractivity contribution in [3.8, 4) is 0 Å². The quantitative estimate of drug-likeness (QED) is 0.834. The Labute approximate surface area is 123 Å². The molecule has 1 aromatic rings. The van der Waals surface area contributed by atoms with Crippen LogP contribution < -0.4 is 11.5 Å². The van der Waals surface area contributed by atoms with Crippen LogP contribution in [-0.4, -0.2) is 45.4 Å². The van der Waals surface area contributed by atoms with Crippen LogP contribution in [0.4, 0.5) is 10.6 Å². The van der Waals surface area contributed by atoms with Crippen molar-refractivity contribution < 1.29 is 14.3 Å². The molecule has 116 valence electrons. The lowest BCUT2D eigenvalue weighted by atomic mass is 10.2. The number of aromatic nitrogens is 2. The molecule has 8 heteroatoms. The van der Waals surface area contributed by atoms with E-state index in [9.17, 15) is 9.59 Å². The first-order chi connectivity index (χ1) is 9.67. The van der Waals surface area contributed by atoms with Crippen molar-refractivity contribution in [2.75, 3.05) is 18.8 Å². The van der Waals surface area contributed by atoms with Gasteiger partial charge in [-0.25, -0.2) is 4.79 Å². The first-order valence-electron chi connectivity index (χ1n) is 6.80.